The molecule has 1 heterocycles. The van der Waals surface area contributed by atoms with E-state index in [0.29, 0.717) is 10.2 Å². The van der Waals surface area contributed by atoms with Gasteiger partial charge in [-0.3, -0.25) is 10.1 Å². The number of carbonyl (C=O) groups is 2. The first-order valence-corrected chi connectivity index (χ1v) is 10.2. The number of nitrogens with one attached hydrogen (secondary N) is 2. The molecule has 6 nitrogen and oxygen atoms in total. The normalized spacial score (nSPS) is 11.1. The molecule has 0 fully saturated rings. The van der Waals surface area contributed by atoms with Crippen LogP contribution < -0.4 is 15.4 Å². The number of alkyl halides is 3. The van der Waals surface area contributed by atoms with Gasteiger partial charge in [-0.1, -0.05) is 35.3 Å². The highest BCUT2D eigenvalue weighted by Gasteiger charge is 2.34. The van der Waals surface area contributed by atoms with E-state index >= 15 is 0 Å². The van der Waals surface area contributed by atoms with E-state index in [-0.39, 0.29) is 22.2 Å². The summed E-state index contributed by atoms with van der Waals surface area (Å²) in [7, 11) is 0. The topological polar surface area (TPSA) is 80.3 Å². The number of benzene rings is 2. The highest BCUT2D eigenvalue weighted by Crippen LogP contribution is 2.36. The minimum atomic E-state index is -4.63. The number of ether oxygens (including phenoxy) is 1. The third-order valence-electron chi connectivity index (χ3n) is 3.88. The van der Waals surface area contributed by atoms with Crippen LogP contribution in [0, 0.1) is 0 Å². The van der Waals surface area contributed by atoms with Gasteiger partial charge in [0.25, 0.3) is 5.91 Å². The monoisotopic (exact) mass is 547 g/mol. The molecule has 3 aromatic rings. The maximum absolute atomic E-state index is 12.8. The number of halogens is 6. The molecule has 12 heteroatoms. The van der Waals surface area contributed by atoms with Crippen LogP contribution in [0.2, 0.25) is 10.2 Å². The fraction of sp³-hybridized carbons (Fsp3) is 0.0500. The molecule has 1 aromatic heterocycles. The van der Waals surface area contributed by atoms with Crippen molar-refractivity contribution in [3.63, 3.8) is 0 Å². The first-order chi connectivity index (χ1) is 15.0. The largest absolute Gasteiger partial charge is 0.438 e. The molecule has 0 aliphatic carbocycles. The van der Waals surface area contributed by atoms with Gasteiger partial charge in [0.05, 0.1) is 20.6 Å². The van der Waals surface area contributed by atoms with Crippen LogP contribution in [0.3, 0.4) is 0 Å². The van der Waals surface area contributed by atoms with E-state index in [1.54, 1.807) is 12.1 Å². The number of urea groups is 1. The molecule has 166 valence electrons. The Balaban J connectivity index is 1.66. The lowest BCUT2D eigenvalue weighted by Crippen LogP contribution is -2.34. The number of pyridine rings is 1. The van der Waals surface area contributed by atoms with Crippen molar-refractivity contribution in [3.8, 4) is 11.6 Å². The molecule has 0 saturated heterocycles. The molecule has 0 radical (unpaired) electrons. The minimum absolute atomic E-state index is 0.136. The van der Waals surface area contributed by atoms with Crippen molar-refractivity contribution in [1.82, 2.24) is 10.3 Å². The zero-order valence-electron chi connectivity index (χ0n) is 15.6. The zero-order chi connectivity index (χ0) is 23.5. The van der Waals surface area contributed by atoms with E-state index in [9.17, 15) is 22.8 Å². The lowest BCUT2D eigenvalue weighted by molar-refractivity contribution is -0.137. The molecule has 0 bridgehead atoms. The summed E-state index contributed by atoms with van der Waals surface area (Å²) < 4.78 is 44.1. The summed E-state index contributed by atoms with van der Waals surface area (Å²) in [5.74, 6) is -0.642. The van der Waals surface area contributed by atoms with Crippen molar-refractivity contribution < 1.29 is 27.5 Å². The molecule has 0 atom stereocenters. The highest BCUT2D eigenvalue weighted by atomic mass is 79.9. The Labute approximate surface area is 197 Å². The molecule has 2 N–H and O–H groups in total. The van der Waals surface area contributed by atoms with Crippen LogP contribution in [-0.2, 0) is 6.18 Å². The van der Waals surface area contributed by atoms with Crippen molar-refractivity contribution >= 4 is 56.8 Å². The molecular weight excluding hydrogens is 538 g/mol. The van der Waals surface area contributed by atoms with Crippen LogP contribution >= 0.6 is 39.1 Å². The minimum Gasteiger partial charge on any atom is -0.438 e. The first-order valence-electron chi connectivity index (χ1n) is 8.62. The molecule has 0 unspecified atom stereocenters. The van der Waals surface area contributed by atoms with Crippen molar-refractivity contribution in [2.75, 3.05) is 5.32 Å². The summed E-state index contributed by atoms with van der Waals surface area (Å²) in [6.45, 7) is 0. The molecule has 3 amide bonds. The molecular formula is C20H11BrCl2F3N3O3. The number of nitrogens with zero attached hydrogens (tertiary/aromatic N) is 1. The van der Waals surface area contributed by atoms with Crippen molar-refractivity contribution in [3.05, 3.63) is 80.4 Å². The van der Waals surface area contributed by atoms with Gasteiger partial charge in [0.1, 0.15) is 10.9 Å². The van der Waals surface area contributed by atoms with Gasteiger partial charge in [0.2, 0.25) is 5.88 Å². The summed E-state index contributed by atoms with van der Waals surface area (Å²) in [5, 5.41) is 4.06. The van der Waals surface area contributed by atoms with Gasteiger partial charge in [-0.05, 0) is 52.3 Å². The molecule has 2 aromatic carbocycles. The smallest absolute Gasteiger partial charge is 0.419 e. The van der Waals surface area contributed by atoms with Crippen LogP contribution in [-0.4, -0.2) is 16.9 Å². The van der Waals surface area contributed by atoms with Gasteiger partial charge >= 0.3 is 12.2 Å². The predicted octanol–water partition coefficient (Wildman–Crippen LogP) is 6.92. The second kappa shape index (κ2) is 9.76. The van der Waals surface area contributed by atoms with Gasteiger partial charge in [-0.25, -0.2) is 9.78 Å². The van der Waals surface area contributed by atoms with Crippen LogP contribution in [0.15, 0.2) is 59.1 Å². The van der Waals surface area contributed by atoms with E-state index in [1.165, 1.54) is 30.3 Å². The summed E-state index contributed by atoms with van der Waals surface area (Å²) >= 11 is 14.7. The van der Waals surface area contributed by atoms with Crippen LogP contribution in [0.4, 0.5) is 23.7 Å². The average molecular weight is 549 g/mol. The third-order valence-corrected chi connectivity index (χ3v) is 5.12. The Kier molecular flexibility index (Phi) is 7.27. The molecule has 0 aliphatic heterocycles. The number of carbonyl (C=O) groups excluding carboxylic acids is 2. The zero-order valence-corrected chi connectivity index (χ0v) is 18.7. The van der Waals surface area contributed by atoms with Gasteiger partial charge in [-0.15, -0.1) is 0 Å². The number of amides is 3. The first kappa shape index (κ1) is 23.8. The van der Waals surface area contributed by atoms with Crippen LogP contribution in [0.5, 0.6) is 11.6 Å². The Morgan fingerprint density at radius 3 is 2.38 bits per heavy atom. The molecule has 3 rings (SSSR count). The molecule has 0 spiro atoms. The number of aromatic nitrogens is 1. The SMILES string of the molecule is O=C(NC(=O)c1ccccc1Cl)Nc1ccc(Oc2ccc(C(F)(F)F)c(Cl)n2)c(Br)c1. The number of hydrogen-bond acceptors (Lipinski definition) is 4. The number of imide groups is 1. The number of rotatable bonds is 4. The van der Waals surface area contributed by atoms with Gasteiger partial charge in [0, 0.05) is 11.8 Å². The summed E-state index contributed by atoms with van der Waals surface area (Å²) in [4.78, 5) is 27.8. The quantitative estimate of drug-likeness (QED) is 0.347. The molecule has 0 aliphatic rings. The molecule has 32 heavy (non-hydrogen) atoms. The van der Waals surface area contributed by atoms with E-state index < -0.39 is 28.8 Å². The second-order valence-electron chi connectivity index (χ2n) is 6.12. The van der Waals surface area contributed by atoms with Gasteiger partial charge in [0.15, 0.2) is 0 Å². The second-order valence-corrected chi connectivity index (χ2v) is 7.74. The summed E-state index contributed by atoms with van der Waals surface area (Å²) in [6, 6.07) is 11.6. The van der Waals surface area contributed by atoms with Gasteiger partial charge < -0.3 is 10.1 Å². The van der Waals surface area contributed by atoms with Crippen molar-refractivity contribution in [2.24, 2.45) is 0 Å². The summed E-state index contributed by atoms with van der Waals surface area (Å²) in [6.07, 6.45) is -4.63. The third kappa shape index (κ3) is 5.90. The maximum Gasteiger partial charge on any atom is 0.419 e. The number of hydrogen-bond donors (Lipinski definition) is 2. The van der Waals surface area contributed by atoms with E-state index in [1.807, 2.05) is 0 Å². The van der Waals surface area contributed by atoms with Crippen molar-refractivity contribution in [2.45, 2.75) is 6.18 Å². The number of anilines is 1. The van der Waals surface area contributed by atoms with Crippen LogP contribution in [0.25, 0.3) is 0 Å². The lowest BCUT2D eigenvalue weighted by atomic mass is 10.2. The van der Waals surface area contributed by atoms with Crippen LogP contribution in [0.1, 0.15) is 15.9 Å². The van der Waals surface area contributed by atoms with E-state index in [0.717, 1.165) is 12.1 Å². The Morgan fingerprint density at radius 1 is 1.03 bits per heavy atom. The molecule has 0 saturated carbocycles. The predicted molar refractivity (Wildman–Crippen MR) is 116 cm³/mol. The summed E-state index contributed by atoms with van der Waals surface area (Å²) in [5.41, 5.74) is -0.647. The van der Waals surface area contributed by atoms with E-state index in [4.69, 9.17) is 27.9 Å². The van der Waals surface area contributed by atoms with E-state index in [2.05, 4.69) is 31.5 Å². The Bertz CT molecular complexity index is 1190. The lowest BCUT2D eigenvalue weighted by Gasteiger charge is -2.12. The Morgan fingerprint density at radius 2 is 1.75 bits per heavy atom. The Hall–Kier alpha value is -2.82. The van der Waals surface area contributed by atoms with Gasteiger partial charge in [-0.2, -0.15) is 13.2 Å². The fourth-order valence-corrected chi connectivity index (χ4v) is 3.37. The van der Waals surface area contributed by atoms with Crippen molar-refractivity contribution in [1.29, 1.82) is 0 Å². The average Bonchev–Trinajstić information content (AvgIpc) is 2.69. The standard InChI is InChI=1S/C20H11BrCl2F3N3O3/c21-13-9-10(27-19(31)29-18(30)11-3-1-2-4-14(11)22)5-7-15(13)32-16-8-6-12(17(23)28-16)20(24,25)26/h1-9H,(H2,27,29,30,31). The fourth-order valence-electron chi connectivity index (χ4n) is 2.44. The highest BCUT2D eigenvalue weighted by molar-refractivity contribution is 9.10. The maximum atomic E-state index is 12.8.